The molecule has 3 aromatic rings. The van der Waals surface area contributed by atoms with Crippen LogP contribution in [-0.2, 0) is 13.6 Å². The van der Waals surface area contributed by atoms with Gasteiger partial charge in [-0.05, 0) is 24.3 Å². The van der Waals surface area contributed by atoms with Gasteiger partial charge in [-0.25, -0.2) is 0 Å². The summed E-state index contributed by atoms with van der Waals surface area (Å²) in [7, 11) is 1.55. The fraction of sp³-hybridized carbons (Fsp3) is 0.118. The number of nitro benzene ring substituents is 1. The first-order valence-corrected chi connectivity index (χ1v) is 8.32. The summed E-state index contributed by atoms with van der Waals surface area (Å²) in [5.74, 6) is -0.559. The number of aromatic nitrogens is 2. The van der Waals surface area contributed by atoms with E-state index in [1.54, 1.807) is 19.2 Å². The molecule has 0 atom stereocenters. The zero-order valence-electron chi connectivity index (χ0n) is 14.5. The van der Waals surface area contributed by atoms with Gasteiger partial charge in [-0.2, -0.15) is 5.10 Å². The SMILES string of the molecule is Cn1ncc(NC(=O)c2ccc(Cl)c([N+](=O)[O-])c2)c1C(=O)NCc1ccco1. The van der Waals surface area contributed by atoms with Crippen molar-refractivity contribution in [3.8, 4) is 0 Å². The summed E-state index contributed by atoms with van der Waals surface area (Å²) in [6.07, 6.45) is 2.80. The molecule has 2 aromatic heterocycles. The van der Waals surface area contributed by atoms with E-state index in [4.69, 9.17) is 16.0 Å². The molecule has 3 rings (SSSR count). The number of nitrogens with one attached hydrogen (secondary N) is 2. The Kier molecular flexibility index (Phi) is 5.41. The van der Waals surface area contributed by atoms with E-state index in [1.165, 1.54) is 29.3 Å². The van der Waals surface area contributed by atoms with Gasteiger partial charge in [0.1, 0.15) is 16.5 Å². The van der Waals surface area contributed by atoms with E-state index < -0.39 is 22.4 Å². The summed E-state index contributed by atoms with van der Waals surface area (Å²) in [6.45, 7) is 0.160. The zero-order valence-corrected chi connectivity index (χ0v) is 15.3. The first-order valence-electron chi connectivity index (χ1n) is 7.94. The number of amides is 2. The number of carbonyl (C=O) groups excluding carboxylic acids is 2. The lowest BCUT2D eigenvalue weighted by atomic mass is 10.2. The maximum atomic E-state index is 12.5. The third-order valence-electron chi connectivity index (χ3n) is 3.81. The van der Waals surface area contributed by atoms with Gasteiger partial charge in [0.05, 0.1) is 29.6 Å². The lowest BCUT2D eigenvalue weighted by molar-refractivity contribution is -0.384. The third kappa shape index (κ3) is 4.01. The average molecular weight is 404 g/mol. The molecular weight excluding hydrogens is 390 g/mol. The highest BCUT2D eigenvalue weighted by Crippen LogP contribution is 2.26. The lowest BCUT2D eigenvalue weighted by Crippen LogP contribution is -2.26. The molecule has 2 amide bonds. The molecule has 0 aliphatic carbocycles. The van der Waals surface area contributed by atoms with Crippen LogP contribution in [0.4, 0.5) is 11.4 Å². The van der Waals surface area contributed by atoms with Crippen molar-refractivity contribution in [3.63, 3.8) is 0 Å². The molecule has 0 saturated heterocycles. The van der Waals surface area contributed by atoms with Crippen LogP contribution >= 0.6 is 11.6 Å². The largest absolute Gasteiger partial charge is 0.467 e. The van der Waals surface area contributed by atoms with Crippen LogP contribution in [0.5, 0.6) is 0 Å². The standard InChI is InChI=1S/C17H14ClN5O5/c1-22-15(17(25)19-8-11-3-2-6-28-11)13(9-20-22)21-16(24)10-4-5-12(18)14(7-10)23(26)27/h2-7,9H,8H2,1H3,(H,19,25)(H,21,24). The van der Waals surface area contributed by atoms with Gasteiger partial charge in [0.15, 0.2) is 0 Å². The molecule has 0 saturated carbocycles. The molecule has 10 nitrogen and oxygen atoms in total. The Hall–Kier alpha value is -3.66. The normalized spacial score (nSPS) is 10.5. The van der Waals surface area contributed by atoms with Gasteiger partial charge < -0.3 is 15.1 Å². The monoisotopic (exact) mass is 403 g/mol. The predicted octanol–water partition coefficient (Wildman–Crippen LogP) is 2.76. The summed E-state index contributed by atoms with van der Waals surface area (Å²) >= 11 is 5.76. The highest BCUT2D eigenvalue weighted by atomic mass is 35.5. The second-order valence-corrected chi connectivity index (χ2v) is 6.08. The molecule has 28 heavy (non-hydrogen) atoms. The first-order chi connectivity index (χ1) is 13.4. The molecule has 0 fully saturated rings. The summed E-state index contributed by atoms with van der Waals surface area (Å²) in [5, 5.41) is 20.1. The molecule has 0 unspecified atom stereocenters. The van der Waals surface area contributed by atoms with Gasteiger partial charge in [-0.15, -0.1) is 0 Å². The van der Waals surface area contributed by atoms with Crippen molar-refractivity contribution in [2.24, 2.45) is 7.05 Å². The van der Waals surface area contributed by atoms with E-state index in [0.29, 0.717) is 5.76 Å². The first kappa shape index (κ1) is 19.1. The molecule has 1 aromatic carbocycles. The quantitative estimate of drug-likeness (QED) is 0.480. The maximum absolute atomic E-state index is 12.5. The van der Waals surface area contributed by atoms with Gasteiger partial charge in [-0.1, -0.05) is 11.6 Å². The summed E-state index contributed by atoms with van der Waals surface area (Å²) in [5.41, 5.74) is -0.107. The Morgan fingerprint density at radius 3 is 2.79 bits per heavy atom. The van der Waals surface area contributed by atoms with Crippen LogP contribution in [0.1, 0.15) is 26.6 Å². The van der Waals surface area contributed by atoms with E-state index >= 15 is 0 Å². The van der Waals surface area contributed by atoms with Gasteiger partial charge in [0.25, 0.3) is 17.5 Å². The minimum absolute atomic E-state index is 0.0156. The minimum atomic E-state index is -0.684. The summed E-state index contributed by atoms with van der Waals surface area (Å²) in [6, 6.07) is 7.07. The van der Waals surface area contributed by atoms with Crippen LogP contribution in [0.25, 0.3) is 0 Å². The number of nitro groups is 1. The second-order valence-electron chi connectivity index (χ2n) is 5.67. The number of carbonyl (C=O) groups is 2. The van der Waals surface area contributed by atoms with Crippen LogP contribution in [0.3, 0.4) is 0 Å². The van der Waals surface area contributed by atoms with Gasteiger partial charge in [0.2, 0.25) is 0 Å². The molecule has 0 spiro atoms. The Bertz CT molecular complexity index is 1040. The highest BCUT2D eigenvalue weighted by Gasteiger charge is 2.21. The minimum Gasteiger partial charge on any atom is -0.467 e. The van der Waals surface area contributed by atoms with Gasteiger partial charge >= 0.3 is 0 Å². The number of aryl methyl sites for hydroxylation is 1. The summed E-state index contributed by atoms with van der Waals surface area (Å²) in [4.78, 5) is 35.2. The van der Waals surface area contributed by atoms with E-state index in [0.717, 1.165) is 6.07 Å². The van der Waals surface area contributed by atoms with Crippen LogP contribution < -0.4 is 10.6 Å². The number of hydrogen-bond donors (Lipinski definition) is 2. The van der Waals surface area contributed by atoms with Crippen LogP contribution in [0, 0.1) is 10.1 Å². The average Bonchev–Trinajstić information content (AvgIpc) is 3.29. The molecule has 144 valence electrons. The Balaban J connectivity index is 1.78. The van der Waals surface area contributed by atoms with E-state index in [-0.39, 0.29) is 28.5 Å². The third-order valence-corrected chi connectivity index (χ3v) is 4.13. The lowest BCUT2D eigenvalue weighted by Gasteiger charge is -2.08. The number of rotatable bonds is 6. The molecule has 0 aliphatic rings. The summed E-state index contributed by atoms with van der Waals surface area (Å²) < 4.78 is 6.45. The van der Waals surface area contributed by atoms with Crippen LogP contribution in [0.15, 0.2) is 47.2 Å². The maximum Gasteiger partial charge on any atom is 0.288 e. The van der Waals surface area contributed by atoms with Crippen molar-refractivity contribution >= 4 is 34.8 Å². The number of benzene rings is 1. The Morgan fingerprint density at radius 1 is 1.32 bits per heavy atom. The molecular formula is C17H14ClN5O5. The number of furan rings is 1. The van der Waals surface area contributed by atoms with Crippen molar-refractivity contribution < 1.29 is 18.9 Å². The fourth-order valence-corrected chi connectivity index (χ4v) is 2.64. The number of nitrogens with zero attached hydrogens (tertiary/aromatic N) is 3. The molecule has 2 heterocycles. The highest BCUT2D eigenvalue weighted by molar-refractivity contribution is 6.32. The fourth-order valence-electron chi connectivity index (χ4n) is 2.45. The van der Waals surface area contributed by atoms with Gasteiger partial charge in [-0.3, -0.25) is 24.4 Å². The molecule has 2 N–H and O–H groups in total. The van der Waals surface area contributed by atoms with Crippen molar-refractivity contribution in [2.45, 2.75) is 6.54 Å². The van der Waals surface area contributed by atoms with Crippen molar-refractivity contribution in [2.75, 3.05) is 5.32 Å². The molecule has 0 radical (unpaired) electrons. The van der Waals surface area contributed by atoms with Crippen molar-refractivity contribution in [1.29, 1.82) is 0 Å². The number of hydrogen-bond acceptors (Lipinski definition) is 6. The topological polar surface area (TPSA) is 132 Å². The Morgan fingerprint density at radius 2 is 2.11 bits per heavy atom. The van der Waals surface area contributed by atoms with Crippen molar-refractivity contribution in [3.05, 3.63) is 74.9 Å². The van der Waals surface area contributed by atoms with Crippen molar-refractivity contribution in [1.82, 2.24) is 15.1 Å². The molecule has 0 bridgehead atoms. The number of anilines is 1. The smallest absolute Gasteiger partial charge is 0.288 e. The predicted molar refractivity (Wildman–Crippen MR) is 99.1 cm³/mol. The zero-order chi connectivity index (χ0) is 20.3. The number of halogens is 1. The van der Waals surface area contributed by atoms with Gasteiger partial charge in [0, 0.05) is 18.7 Å². The molecule has 11 heteroatoms. The molecule has 0 aliphatic heterocycles. The second kappa shape index (κ2) is 7.92. The van der Waals surface area contributed by atoms with E-state index in [2.05, 4.69) is 15.7 Å². The van der Waals surface area contributed by atoms with E-state index in [9.17, 15) is 19.7 Å². The van der Waals surface area contributed by atoms with E-state index in [1.807, 2.05) is 0 Å². The Labute approximate surface area is 163 Å². The van der Waals surface area contributed by atoms with Crippen LogP contribution in [0.2, 0.25) is 5.02 Å². The van der Waals surface area contributed by atoms with Crippen LogP contribution in [-0.4, -0.2) is 26.5 Å².